The Kier molecular flexibility index (Phi) is 4.19. The minimum atomic E-state index is -4.35. The summed E-state index contributed by atoms with van der Waals surface area (Å²) in [5.74, 6) is -0.270. The van der Waals surface area contributed by atoms with Crippen LogP contribution < -0.4 is 5.32 Å². The van der Waals surface area contributed by atoms with Gasteiger partial charge in [-0.2, -0.15) is 13.2 Å². The lowest BCUT2D eigenvalue weighted by atomic mass is 9.87. The Labute approximate surface area is 139 Å². The first-order valence-electron chi connectivity index (χ1n) is 7.06. The van der Waals surface area contributed by atoms with Crippen LogP contribution in [0.25, 0.3) is 0 Å². The summed E-state index contributed by atoms with van der Waals surface area (Å²) < 4.78 is 38.9. The van der Waals surface area contributed by atoms with Crippen LogP contribution in [0, 0.1) is 0 Å². The van der Waals surface area contributed by atoms with E-state index in [9.17, 15) is 18.0 Å². The van der Waals surface area contributed by atoms with Crippen molar-refractivity contribution in [2.75, 3.05) is 0 Å². The molecule has 3 rings (SSSR count). The quantitative estimate of drug-likeness (QED) is 0.791. The summed E-state index contributed by atoms with van der Waals surface area (Å²) in [5, 5.41) is 2.91. The van der Waals surface area contributed by atoms with Crippen LogP contribution in [0.15, 0.2) is 53.0 Å². The van der Waals surface area contributed by atoms with Crippen molar-refractivity contribution in [1.29, 1.82) is 0 Å². The molecule has 23 heavy (non-hydrogen) atoms. The largest absolute Gasteiger partial charge is 0.416 e. The third kappa shape index (κ3) is 3.42. The monoisotopic (exact) mass is 383 g/mol. The van der Waals surface area contributed by atoms with Crippen molar-refractivity contribution in [3.8, 4) is 0 Å². The zero-order chi connectivity index (χ0) is 16.6. The van der Waals surface area contributed by atoms with Gasteiger partial charge in [0.2, 0.25) is 5.91 Å². The number of alkyl halides is 3. The topological polar surface area (TPSA) is 29.1 Å². The summed E-state index contributed by atoms with van der Waals surface area (Å²) in [6, 6.07) is 12.4. The Morgan fingerprint density at radius 3 is 2.09 bits per heavy atom. The molecule has 2 atom stereocenters. The van der Waals surface area contributed by atoms with E-state index in [1.54, 1.807) is 0 Å². The summed E-state index contributed by atoms with van der Waals surface area (Å²) in [4.78, 5) is 11.8. The number of hydrogen-bond acceptors (Lipinski definition) is 1. The number of amides is 1. The molecular formula is C17H13BrF3NO. The van der Waals surface area contributed by atoms with Crippen molar-refractivity contribution in [2.45, 2.75) is 24.6 Å². The fraction of sp³-hybridized carbons (Fsp3) is 0.235. The fourth-order valence-corrected chi connectivity index (χ4v) is 3.13. The Balaban J connectivity index is 1.90. The van der Waals surface area contributed by atoms with Crippen LogP contribution in [-0.4, -0.2) is 5.91 Å². The van der Waals surface area contributed by atoms with Gasteiger partial charge in [-0.3, -0.25) is 4.79 Å². The summed E-state index contributed by atoms with van der Waals surface area (Å²) in [6.45, 7) is 0. The van der Waals surface area contributed by atoms with Gasteiger partial charge in [-0.15, -0.1) is 0 Å². The molecule has 0 bridgehead atoms. The zero-order valence-electron chi connectivity index (χ0n) is 11.9. The lowest BCUT2D eigenvalue weighted by molar-refractivity contribution is -0.137. The number of rotatable bonds is 2. The number of carbonyl (C=O) groups excluding carboxylic acids is 1. The lowest BCUT2D eigenvalue weighted by Crippen LogP contribution is -2.20. The standard InChI is InChI=1S/C17H13BrF3NO/c18-13-7-3-11(4-8-13)16-14(9-15(23)22-16)10-1-5-12(6-2-10)17(19,20)21/h1-8,14,16H,9H2,(H,22,23). The molecule has 120 valence electrons. The molecule has 2 nitrogen and oxygen atoms in total. The van der Waals surface area contributed by atoms with Gasteiger partial charge in [-0.25, -0.2) is 0 Å². The predicted octanol–water partition coefficient (Wildman–Crippen LogP) is 4.81. The van der Waals surface area contributed by atoms with Gasteiger partial charge in [0.25, 0.3) is 0 Å². The van der Waals surface area contributed by atoms with Crippen LogP contribution in [-0.2, 0) is 11.0 Å². The average molecular weight is 384 g/mol. The van der Waals surface area contributed by atoms with E-state index < -0.39 is 11.7 Å². The molecule has 1 fully saturated rings. The molecule has 1 saturated heterocycles. The van der Waals surface area contributed by atoms with E-state index in [2.05, 4.69) is 21.2 Å². The maximum absolute atomic E-state index is 12.7. The van der Waals surface area contributed by atoms with E-state index in [0.29, 0.717) is 0 Å². The Morgan fingerprint density at radius 1 is 0.957 bits per heavy atom. The number of halogens is 4. The van der Waals surface area contributed by atoms with E-state index in [1.807, 2.05) is 24.3 Å². The highest BCUT2D eigenvalue weighted by atomic mass is 79.9. The molecule has 0 radical (unpaired) electrons. The number of nitrogens with one attached hydrogen (secondary N) is 1. The molecule has 1 heterocycles. The molecule has 1 aliphatic heterocycles. The van der Waals surface area contributed by atoms with Crippen LogP contribution in [0.5, 0.6) is 0 Å². The average Bonchev–Trinajstić information content (AvgIpc) is 2.89. The first-order valence-corrected chi connectivity index (χ1v) is 7.86. The van der Waals surface area contributed by atoms with Gasteiger partial charge in [0.15, 0.2) is 0 Å². The summed E-state index contributed by atoms with van der Waals surface area (Å²) >= 11 is 3.36. The number of carbonyl (C=O) groups is 1. The van der Waals surface area contributed by atoms with E-state index in [4.69, 9.17) is 0 Å². The molecule has 0 aliphatic carbocycles. The van der Waals surface area contributed by atoms with Crippen LogP contribution >= 0.6 is 15.9 Å². The molecule has 1 aliphatic rings. The second-order valence-electron chi connectivity index (χ2n) is 5.53. The van der Waals surface area contributed by atoms with E-state index in [1.165, 1.54) is 12.1 Å². The van der Waals surface area contributed by atoms with Crippen molar-refractivity contribution in [3.63, 3.8) is 0 Å². The molecule has 0 saturated carbocycles. The van der Waals surface area contributed by atoms with Gasteiger partial charge in [0, 0.05) is 16.8 Å². The van der Waals surface area contributed by atoms with Gasteiger partial charge < -0.3 is 5.32 Å². The second-order valence-corrected chi connectivity index (χ2v) is 6.44. The number of benzene rings is 2. The molecule has 2 unspecified atom stereocenters. The molecule has 2 aromatic rings. The molecular weight excluding hydrogens is 371 g/mol. The maximum Gasteiger partial charge on any atom is 0.416 e. The van der Waals surface area contributed by atoms with Gasteiger partial charge in [-0.05, 0) is 35.4 Å². The van der Waals surface area contributed by atoms with Gasteiger partial charge in [0.05, 0.1) is 11.6 Å². The molecule has 6 heteroatoms. The van der Waals surface area contributed by atoms with E-state index >= 15 is 0 Å². The first kappa shape index (κ1) is 16.1. The summed E-state index contributed by atoms with van der Waals surface area (Å²) in [6.07, 6.45) is -4.08. The molecule has 1 N–H and O–H groups in total. The van der Waals surface area contributed by atoms with Crippen LogP contribution in [0.4, 0.5) is 13.2 Å². The Bertz CT molecular complexity index is 710. The van der Waals surface area contributed by atoms with Crippen LogP contribution in [0.2, 0.25) is 0 Å². The SMILES string of the molecule is O=C1CC(c2ccc(C(F)(F)F)cc2)C(c2ccc(Br)cc2)N1. The van der Waals surface area contributed by atoms with Gasteiger partial charge >= 0.3 is 6.18 Å². The minimum Gasteiger partial charge on any atom is -0.349 e. The molecule has 1 amide bonds. The third-order valence-electron chi connectivity index (χ3n) is 4.02. The van der Waals surface area contributed by atoms with Crippen molar-refractivity contribution in [3.05, 3.63) is 69.7 Å². The van der Waals surface area contributed by atoms with Crippen molar-refractivity contribution < 1.29 is 18.0 Å². The highest BCUT2D eigenvalue weighted by Gasteiger charge is 2.35. The normalized spacial score (nSPS) is 21.3. The highest BCUT2D eigenvalue weighted by molar-refractivity contribution is 9.10. The van der Waals surface area contributed by atoms with E-state index in [-0.39, 0.29) is 24.3 Å². The van der Waals surface area contributed by atoms with E-state index in [0.717, 1.165) is 27.7 Å². The van der Waals surface area contributed by atoms with Crippen molar-refractivity contribution >= 4 is 21.8 Å². The molecule has 0 spiro atoms. The van der Waals surface area contributed by atoms with Crippen LogP contribution in [0.3, 0.4) is 0 Å². The zero-order valence-corrected chi connectivity index (χ0v) is 13.5. The van der Waals surface area contributed by atoms with Crippen molar-refractivity contribution in [2.24, 2.45) is 0 Å². The van der Waals surface area contributed by atoms with Crippen molar-refractivity contribution in [1.82, 2.24) is 5.32 Å². The molecule has 2 aromatic carbocycles. The van der Waals surface area contributed by atoms with Gasteiger partial charge in [-0.1, -0.05) is 40.2 Å². The van der Waals surface area contributed by atoms with Gasteiger partial charge in [0.1, 0.15) is 0 Å². The summed E-state index contributed by atoms with van der Waals surface area (Å²) in [7, 11) is 0. The first-order chi connectivity index (χ1) is 10.8. The minimum absolute atomic E-state index is 0.0946. The third-order valence-corrected chi connectivity index (χ3v) is 4.55. The summed E-state index contributed by atoms with van der Waals surface area (Å²) in [5.41, 5.74) is 0.979. The van der Waals surface area contributed by atoms with Crippen LogP contribution in [0.1, 0.15) is 35.1 Å². The smallest absolute Gasteiger partial charge is 0.349 e. The Morgan fingerprint density at radius 2 is 1.52 bits per heavy atom. The predicted molar refractivity (Wildman–Crippen MR) is 83.8 cm³/mol. The maximum atomic E-state index is 12.7. The molecule has 0 aromatic heterocycles. The number of hydrogen-bond donors (Lipinski definition) is 1. The fourth-order valence-electron chi connectivity index (χ4n) is 2.87. The highest BCUT2D eigenvalue weighted by Crippen LogP contribution is 2.39. The Hall–Kier alpha value is -1.82. The lowest BCUT2D eigenvalue weighted by Gasteiger charge is -2.20. The second kappa shape index (κ2) is 6.00.